The Balaban J connectivity index is 1.80. The molecule has 1 aliphatic rings. The number of halogens is 2. The Morgan fingerprint density at radius 1 is 1.25 bits per heavy atom. The average Bonchev–Trinajstić information content (AvgIpc) is 2.36. The normalized spacial score (nSPS) is 17.3. The second kappa shape index (κ2) is 7.04. The van der Waals surface area contributed by atoms with Crippen LogP contribution in [0.5, 0.6) is 0 Å². The highest BCUT2D eigenvalue weighted by atomic mass is 32.2. The van der Waals surface area contributed by atoms with Crippen molar-refractivity contribution in [3.63, 3.8) is 0 Å². The topological polar surface area (TPSA) is 40.5 Å². The first-order chi connectivity index (χ1) is 9.52. The molecule has 0 aromatic heterocycles. The van der Waals surface area contributed by atoms with Crippen LogP contribution in [-0.4, -0.2) is 40.9 Å². The highest BCUT2D eigenvalue weighted by Crippen LogP contribution is 2.31. The Kier molecular flexibility index (Phi) is 5.37. The van der Waals surface area contributed by atoms with Gasteiger partial charge in [0.1, 0.15) is 11.6 Å². The number of hydrogen-bond donors (Lipinski definition) is 1. The van der Waals surface area contributed by atoms with E-state index in [2.05, 4.69) is 4.90 Å². The number of hydrogen-bond acceptors (Lipinski definition) is 3. The summed E-state index contributed by atoms with van der Waals surface area (Å²) in [6.45, 7) is 2.24. The number of aliphatic carboxylic acids is 1. The molecular weight excluding hydrogens is 284 g/mol. The summed E-state index contributed by atoms with van der Waals surface area (Å²) in [5.74, 6) is -1.88. The van der Waals surface area contributed by atoms with Gasteiger partial charge in [-0.25, -0.2) is 8.78 Å². The van der Waals surface area contributed by atoms with Crippen LogP contribution in [0.3, 0.4) is 0 Å². The predicted molar refractivity (Wildman–Crippen MR) is 73.9 cm³/mol. The maximum atomic E-state index is 13.1. The van der Waals surface area contributed by atoms with Crippen LogP contribution in [-0.2, 0) is 4.79 Å². The van der Waals surface area contributed by atoms with E-state index in [1.54, 1.807) is 0 Å². The van der Waals surface area contributed by atoms with Gasteiger partial charge in [0.2, 0.25) is 0 Å². The molecule has 0 aliphatic carbocycles. The number of benzene rings is 1. The van der Waals surface area contributed by atoms with E-state index in [1.165, 1.54) is 23.9 Å². The van der Waals surface area contributed by atoms with Gasteiger partial charge in [-0.2, -0.15) is 0 Å². The van der Waals surface area contributed by atoms with Gasteiger partial charge in [0.25, 0.3) is 0 Å². The van der Waals surface area contributed by atoms with Crippen molar-refractivity contribution in [1.82, 2.24) is 4.90 Å². The summed E-state index contributed by atoms with van der Waals surface area (Å²) in [5.41, 5.74) is 0. The summed E-state index contributed by atoms with van der Waals surface area (Å²) < 4.78 is 26.2. The van der Waals surface area contributed by atoms with Crippen molar-refractivity contribution in [2.24, 2.45) is 0 Å². The van der Waals surface area contributed by atoms with E-state index in [0.717, 1.165) is 32.0 Å². The van der Waals surface area contributed by atoms with Crippen molar-refractivity contribution in [2.45, 2.75) is 29.4 Å². The van der Waals surface area contributed by atoms with Gasteiger partial charge >= 0.3 is 5.97 Å². The van der Waals surface area contributed by atoms with Gasteiger partial charge in [0.15, 0.2) is 0 Å². The number of rotatable bonds is 5. The highest BCUT2D eigenvalue weighted by molar-refractivity contribution is 8.00. The predicted octanol–water partition coefficient (Wildman–Crippen LogP) is 3.00. The van der Waals surface area contributed by atoms with Crippen LogP contribution in [0.1, 0.15) is 19.3 Å². The molecule has 0 atom stereocenters. The number of likely N-dealkylation sites (tertiary alicyclic amines) is 1. The van der Waals surface area contributed by atoms with Gasteiger partial charge < -0.3 is 10.0 Å². The molecule has 0 amide bonds. The van der Waals surface area contributed by atoms with Crippen molar-refractivity contribution in [2.75, 3.05) is 19.6 Å². The van der Waals surface area contributed by atoms with Gasteiger partial charge in [0, 0.05) is 22.8 Å². The third kappa shape index (κ3) is 4.76. The summed E-state index contributed by atoms with van der Waals surface area (Å²) >= 11 is 1.50. The SMILES string of the molecule is O=C(O)CCN1CCC(Sc2cc(F)cc(F)c2)CC1. The molecule has 0 spiro atoms. The molecule has 1 N–H and O–H groups in total. The van der Waals surface area contributed by atoms with Crippen LogP contribution in [0.25, 0.3) is 0 Å². The molecule has 3 nitrogen and oxygen atoms in total. The van der Waals surface area contributed by atoms with E-state index in [4.69, 9.17) is 5.11 Å². The van der Waals surface area contributed by atoms with Crippen LogP contribution in [0.2, 0.25) is 0 Å². The average molecular weight is 301 g/mol. The lowest BCUT2D eigenvalue weighted by atomic mass is 10.1. The van der Waals surface area contributed by atoms with Gasteiger partial charge in [0.05, 0.1) is 6.42 Å². The molecule has 0 unspecified atom stereocenters. The molecule has 0 bridgehead atoms. The minimum absolute atomic E-state index is 0.160. The smallest absolute Gasteiger partial charge is 0.304 e. The van der Waals surface area contributed by atoms with Crippen LogP contribution >= 0.6 is 11.8 Å². The molecule has 1 saturated heterocycles. The third-order valence-electron chi connectivity index (χ3n) is 3.32. The van der Waals surface area contributed by atoms with Crippen LogP contribution in [0.4, 0.5) is 8.78 Å². The molecule has 0 radical (unpaired) electrons. The number of carboxylic acids is 1. The summed E-state index contributed by atoms with van der Waals surface area (Å²) in [7, 11) is 0. The zero-order chi connectivity index (χ0) is 14.5. The summed E-state index contributed by atoms with van der Waals surface area (Å²) in [4.78, 5) is 13.2. The Bertz CT molecular complexity index is 456. The standard InChI is InChI=1S/C14H17F2NO2S/c15-10-7-11(16)9-13(8-10)20-12-1-4-17(5-2-12)6-3-14(18)19/h7-9,12H,1-6H2,(H,18,19). The fourth-order valence-corrected chi connectivity index (χ4v) is 3.49. The maximum Gasteiger partial charge on any atom is 0.304 e. The van der Waals surface area contributed by atoms with E-state index in [1.807, 2.05) is 0 Å². The molecule has 1 heterocycles. The number of carboxylic acid groups (broad SMARTS) is 1. The summed E-state index contributed by atoms with van der Waals surface area (Å²) in [6.07, 6.45) is 1.97. The van der Waals surface area contributed by atoms with Crippen molar-refractivity contribution >= 4 is 17.7 Å². The Morgan fingerprint density at radius 3 is 2.40 bits per heavy atom. The first-order valence-corrected chi connectivity index (χ1v) is 7.48. The first-order valence-electron chi connectivity index (χ1n) is 6.60. The monoisotopic (exact) mass is 301 g/mol. The maximum absolute atomic E-state index is 13.1. The summed E-state index contributed by atoms with van der Waals surface area (Å²) in [6, 6.07) is 3.58. The minimum atomic E-state index is -0.781. The van der Waals surface area contributed by atoms with E-state index >= 15 is 0 Å². The fraction of sp³-hybridized carbons (Fsp3) is 0.500. The quantitative estimate of drug-likeness (QED) is 0.907. The zero-order valence-corrected chi connectivity index (χ0v) is 11.8. The van der Waals surface area contributed by atoms with E-state index < -0.39 is 17.6 Å². The van der Waals surface area contributed by atoms with Gasteiger partial charge in [-0.3, -0.25) is 4.79 Å². The molecule has 1 aromatic rings. The van der Waals surface area contributed by atoms with E-state index in [0.29, 0.717) is 16.7 Å². The number of piperidine rings is 1. The highest BCUT2D eigenvalue weighted by Gasteiger charge is 2.20. The molecular formula is C14H17F2NO2S. The van der Waals surface area contributed by atoms with Crippen molar-refractivity contribution < 1.29 is 18.7 Å². The van der Waals surface area contributed by atoms with Crippen molar-refractivity contribution in [3.8, 4) is 0 Å². The molecule has 1 aromatic carbocycles. The number of carbonyl (C=O) groups is 1. The molecule has 20 heavy (non-hydrogen) atoms. The van der Waals surface area contributed by atoms with Crippen molar-refractivity contribution in [1.29, 1.82) is 0 Å². The lowest BCUT2D eigenvalue weighted by molar-refractivity contribution is -0.137. The van der Waals surface area contributed by atoms with Gasteiger partial charge in [-0.1, -0.05) is 0 Å². The van der Waals surface area contributed by atoms with Gasteiger partial charge in [-0.15, -0.1) is 11.8 Å². The Hall–Kier alpha value is -1.14. The van der Waals surface area contributed by atoms with E-state index in [-0.39, 0.29) is 6.42 Å². The fourth-order valence-electron chi connectivity index (χ4n) is 2.29. The lowest BCUT2D eigenvalue weighted by Gasteiger charge is -2.31. The van der Waals surface area contributed by atoms with E-state index in [9.17, 15) is 13.6 Å². The number of thioether (sulfide) groups is 1. The molecule has 1 aliphatic heterocycles. The Labute approximate surface area is 121 Å². The van der Waals surface area contributed by atoms with Crippen molar-refractivity contribution in [3.05, 3.63) is 29.8 Å². The molecule has 6 heteroatoms. The first kappa shape index (κ1) is 15.3. The molecule has 1 fully saturated rings. The minimum Gasteiger partial charge on any atom is -0.481 e. The van der Waals surface area contributed by atoms with Crippen LogP contribution in [0, 0.1) is 11.6 Å². The summed E-state index contributed by atoms with van der Waals surface area (Å²) in [5, 5.41) is 8.97. The zero-order valence-electron chi connectivity index (χ0n) is 11.0. The second-order valence-electron chi connectivity index (χ2n) is 4.91. The molecule has 0 saturated carbocycles. The van der Waals surface area contributed by atoms with Gasteiger partial charge in [-0.05, 0) is 38.1 Å². The third-order valence-corrected chi connectivity index (χ3v) is 4.63. The molecule has 2 rings (SSSR count). The Morgan fingerprint density at radius 2 is 1.85 bits per heavy atom. The number of nitrogens with zero attached hydrogens (tertiary/aromatic N) is 1. The van der Waals surface area contributed by atoms with Crippen LogP contribution in [0.15, 0.2) is 23.1 Å². The van der Waals surface area contributed by atoms with Crippen LogP contribution < -0.4 is 0 Å². The second-order valence-corrected chi connectivity index (χ2v) is 6.28. The lowest BCUT2D eigenvalue weighted by Crippen LogP contribution is -2.36. The largest absolute Gasteiger partial charge is 0.481 e. The molecule has 110 valence electrons.